The molecule has 1 heterocycles. The van der Waals surface area contributed by atoms with Crippen molar-refractivity contribution in [2.45, 2.75) is 13.8 Å². The van der Waals surface area contributed by atoms with Crippen molar-refractivity contribution in [2.24, 2.45) is 0 Å². The number of hydrogen-bond acceptors (Lipinski definition) is 3. The van der Waals surface area contributed by atoms with Crippen LogP contribution in [0.1, 0.15) is 25.2 Å². The van der Waals surface area contributed by atoms with Gasteiger partial charge in [-0.15, -0.1) is 0 Å². The average molecular weight is 345 g/mol. The molecular weight excluding hydrogens is 328 g/mol. The normalized spacial score (nSPS) is 11.2. The van der Waals surface area contributed by atoms with Crippen LogP contribution in [0, 0.1) is 11.3 Å². The Kier molecular flexibility index (Phi) is 5.24. The molecule has 0 unspecified atom stereocenters. The maximum atomic E-state index is 9.34. The standard InChI is InChI=1S/C17H17BrN2O/c1-3-20(4-2)17-10-9-16(21-17)11-14(12-19)13-5-7-15(18)8-6-13/h5-11H,3-4H2,1-2H3. The minimum absolute atomic E-state index is 0.586. The van der Waals surface area contributed by atoms with E-state index in [2.05, 4.69) is 40.7 Å². The first-order chi connectivity index (χ1) is 10.2. The fourth-order valence-corrected chi connectivity index (χ4v) is 2.34. The zero-order valence-electron chi connectivity index (χ0n) is 12.1. The van der Waals surface area contributed by atoms with Crippen molar-refractivity contribution in [3.8, 4) is 6.07 Å². The number of halogens is 1. The molecule has 0 saturated carbocycles. The van der Waals surface area contributed by atoms with Crippen LogP contribution in [0.5, 0.6) is 0 Å². The largest absolute Gasteiger partial charge is 0.441 e. The molecule has 3 nitrogen and oxygen atoms in total. The van der Waals surface area contributed by atoms with Crippen LogP contribution < -0.4 is 4.90 Å². The molecule has 0 N–H and O–H groups in total. The lowest BCUT2D eigenvalue weighted by Gasteiger charge is -2.16. The number of rotatable bonds is 5. The van der Waals surface area contributed by atoms with E-state index >= 15 is 0 Å². The number of anilines is 1. The summed E-state index contributed by atoms with van der Waals surface area (Å²) in [4.78, 5) is 2.13. The highest BCUT2D eigenvalue weighted by Gasteiger charge is 2.08. The Morgan fingerprint density at radius 1 is 1.19 bits per heavy atom. The van der Waals surface area contributed by atoms with Gasteiger partial charge in [0.1, 0.15) is 5.76 Å². The molecule has 0 aliphatic carbocycles. The van der Waals surface area contributed by atoms with Crippen molar-refractivity contribution >= 4 is 33.5 Å². The molecule has 0 aliphatic rings. The van der Waals surface area contributed by atoms with Gasteiger partial charge in [-0.1, -0.05) is 28.1 Å². The second-order valence-corrected chi connectivity index (χ2v) is 5.44. The van der Waals surface area contributed by atoms with E-state index in [0.717, 1.165) is 29.0 Å². The monoisotopic (exact) mass is 344 g/mol. The molecule has 0 bridgehead atoms. The smallest absolute Gasteiger partial charge is 0.196 e. The summed E-state index contributed by atoms with van der Waals surface area (Å²) in [5.74, 6) is 1.52. The van der Waals surface area contributed by atoms with Gasteiger partial charge in [-0.3, -0.25) is 0 Å². The number of nitrogens with zero attached hydrogens (tertiary/aromatic N) is 2. The maximum absolute atomic E-state index is 9.34. The lowest BCUT2D eigenvalue weighted by Crippen LogP contribution is -2.20. The Labute approximate surface area is 133 Å². The highest BCUT2D eigenvalue weighted by Crippen LogP contribution is 2.24. The Bertz CT molecular complexity index is 661. The highest BCUT2D eigenvalue weighted by molar-refractivity contribution is 9.10. The Morgan fingerprint density at radius 2 is 1.86 bits per heavy atom. The molecular formula is C17H17BrN2O. The lowest BCUT2D eigenvalue weighted by molar-refractivity contribution is 0.541. The molecule has 2 aromatic rings. The van der Waals surface area contributed by atoms with Crippen LogP contribution in [-0.2, 0) is 0 Å². The third-order valence-electron chi connectivity index (χ3n) is 3.25. The van der Waals surface area contributed by atoms with Crippen molar-refractivity contribution in [1.82, 2.24) is 0 Å². The van der Waals surface area contributed by atoms with Crippen molar-refractivity contribution in [1.29, 1.82) is 5.26 Å². The number of allylic oxidation sites excluding steroid dienone is 1. The van der Waals surface area contributed by atoms with E-state index in [9.17, 15) is 5.26 Å². The van der Waals surface area contributed by atoms with Gasteiger partial charge in [0.15, 0.2) is 5.88 Å². The molecule has 108 valence electrons. The molecule has 0 spiro atoms. The molecule has 0 atom stereocenters. The van der Waals surface area contributed by atoms with E-state index in [0.29, 0.717) is 11.3 Å². The van der Waals surface area contributed by atoms with Gasteiger partial charge in [0.2, 0.25) is 0 Å². The fraction of sp³-hybridized carbons (Fsp3) is 0.235. The van der Waals surface area contributed by atoms with E-state index in [1.165, 1.54) is 0 Å². The minimum Gasteiger partial charge on any atom is -0.441 e. The van der Waals surface area contributed by atoms with E-state index in [4.69, 9.17) is 4.42 Å². The molecule has 0 saturated heterocycles. The topological polar surface area (TPSA) is 40.2 Å². The van der Waals surface area contributed by atoms with Gasteiger partial charge in [-0.05, 0) is 43.7 Å². The fourth-order valence-electron chi connectivity index (χ4n) is 2.08. The summed E-state index contributed by atoms with van der Waals surface area (Å²) >= 11 is 3.39. The van der Waals surface area contributed by atoms with Crippen LogP contribution in [0.2, 0.25) is 0 Å². The predicted octanol–water partition coefficient (Wildman–Crippen LogP) is 4.95. The second kappa shape index (κ2) is 7.14. The van der Waals surface area contributed by atoms with Gasteiger partial charge in [0.05, 0.1) is 11.6 Å². The van der Waals surface area contributed by atoms with Crippen molar-refractivity contribution in [2.75, 3.05) is 18.0 Å². The number of hydrogen-bond donors (Lipinski definition) is 0. The third-order valence-corrected chi connectivity index (χ3v) is 3.78. The number of furan rings is 1. The molecule has 4 heteroatoms. The molecule has 1 aromatic heterocycles. The van der Waals surface area contributed by atoms with Crippen LogP contribution >= 0.6 is 15.9 Å². The molecule has 21 heavy (non-hydrogen) atoms. The van der Waals surface area contributed by atoms with E-state index < -0.39 is 0 Å². The first kappa shape index (κ1) is 15.4. The Hall–Kier alpha value is -1.99. The summed E-state index contributed by atoms with van der Waals surface area (Å²) in [5, 5.41) is 9.34. The van der Waals surface area contributed by atoms with Crippen LogP contribution in [0.15, 0.2) is 45.3 Å². The van der Waals surface area contributed by atoms with E-state index in [-0.39, 0.29) is 0 Å². The Morgan fingerprint density at radius 3 is 2.43 bits per heavy atom. The summed E-state index contributed by atoms with van der Waals surface area (Å²) in [7, 11) is 0. The van der Waals surface area contributed by atoms with E-state index in [1.54, 1.807) is 6.08 Å². The van der Waals surface area contributed by atoms with E-state index in [1.807, 2.05) is 36.4 Å². The van der Waals surface area contributed by atoms with Gasteiger partial charge < -0.3 is 9.32 Å². The van der Waals surface area contributed by atoms with Crippen molar-refractivity contribution in [3.05, 3.63) is 52.2 Å². The Balaban J connectivity index is 2.29. The lowest BCUT2D eigenvalue weighted by atomic mass is 10.1. The zero-order chi connectivity index (χ0) is 15.2. The van der Waals surface area contributed by atoms with Crippen molar-refractivity contribution < 1.29 is 4.42 Å². The molecule has 0 radical (unpaired) electrons. The third kappa shape index (κ3) is 3.77. The van der Waals surface area contributed by atoms with Gasteiger partial charge in [0.25, 0.3) is 0 Å². The number of benzene rings is 1. The summed E-state index contributed by atoms with van der Waals surface area (Å²) in [6.45, 7) is 5.96. The maximum Gasteiger partial charge on any atom is 0.196 e. The van der Waals surface area contributed by atoms with Crippen molar-refractivity contribution in [3.63, 3.8) is 0 Å². The summed E-state index contributed by atoms with van der Waals surface area (Å²) < 4.78 is 6.79. The van der Waals surface area contributed by atoms with Crippen LogP contribution in [0.25, 0.3) is 11.6 Å². The molecule has 0 amide bonds. The summed E-state index contributed by atoms with van der Waals surface area (Å²) in [6.07, 6.45) is 1.77. The molecule has 2 rings (SSSR count). The van der Waals surface area contributed by atoms with Gasteiger partial charge in [0, 0.05) is 23.6 Å². The van der Waals surface area contributed by atoms with Gasteiger partial charge in [-0.2, -0.15) is 5.26 Å². The quantitative estimate of drug-likeness (QED) is 0.720. The SMILES string of the molecule is CCN(CC)c1ccc(C=C(C#N)c2ccc(Br)cc2)o1. The molecule has 0 aliphatic heterocycles. The van der Waals surface area contributed by atoms with Crippen LogP contribution in [-0.4, -0.2) is 13.1 Å². The van der Waals surface area contributed by atoms with Gasteiger partial charge >= 0.3 is 0 Å². The average Bonchev–Trinajstić information content (AvgIpc) is 2.96. The predicted molar refractivity (Wildman–Crippen MR) is 89.9 cm³/mol. The van der Waals surface area contributed by atoms with Crippen LogP contribution in [0.4, 0.5) is 5.88 Å². The molecule has 1 aromatic carbocycles. The minimum atomic E-state index is 0.586. The number of nitriles is 1. The van der Waals surface area contributed by atoms with Gasteiger partial charge in [-0.25, -0.2) is 0 Å². The van der Waals surface area contributed by atoms with Crippen LogP contribution in [0.3, 0.4) is 0 Å². The molecule has 0 fully saturated rings. The zero-order valence-corrected chi connectivity index (χ0v) is 13.7. The summed E-state index contributed by atoms with van der Waals surface area (Å²) in [6, 6.07) is 13.7. The second-order valence-electron chi connectivity index (χ2n) is 4.53. The first-order valence-corrected chi connectivity index (χ1v) is 7.69. The summed E-state index contributed by atoms with van der Waals surface area (Å²) in [5.41, 5.74) is 1.46. The highest BCUT2D eigenvalue weighted by atomic mass is 79.9. The first-order valence-electron chi connectivity index (χ1n) is 6.90.